The molecule has 9 nitrogen and oxygen atoms in total. The number of ketones is 3. The standard InChI is InChI=1S/C31H34N4O3S2.C5H8O2/c1-23-30(24(2)36)32-33-34(23)20-19-28-21-29(22-35(28)40(3,37)38)39-31(25-13-7-4-8-14-25,26-15-9-5-10-16-26)27-17-11-6-12-18-27;1-4(6)3-5(2)7/h4-18,28-29H,19-22H2,1-3H3;3H2,1-2H3/t28-,29+;/m0./s1. The van der Waals surface area contributed by atoms with Gasteiger partial charge in [-0.1, -0.05) is 96.2 Å². The van der Waals surface area contributed by atoms with Crippen LogP contribution in [0.4, 0.5) is 0 Å². The third kappa shape index (κ3) is 8.91. The summed E-state index contributed by atoms with van der Waals surface area (Å²) in [6.45, 7) is 7.03. The topological polar surface area (TPSA) is 119 Å². The Hall–Kier alpha value is -3.93. The summed E-state index contributed by atoms with van der Waals surface area (Å²) in [7, 11) is -3.44. The average Bonchev–Trinajstić information content (AvgIpc) is 3.62. The van der Waals surface area contributed by atoms with E-state index in [1.54, 1.807) is 8.99 Å². The minimum Gasteiger partial charge on any atom is -0.300 e. The zero-order valence-corrected chi connectivity index (χ0v) is 29.1. The van der Waals surface area contributed by atoms with Crippen LogP contribution in [0.15, 0.2) is 91.0 Å². The van der Waals surface area contributed by atoms with E-state index in [2.05, 4.69) is 83.1 Å². The molecule has 0 amide bonds. The molecular formula is C36H42N4O5S2. The molecule has 0 aliphatic carbocycles. The number of aryl methyl sites for hydroxylation is 1. The molecule has 0 spiro atoms. The van der Waals surface area contributed by atoms with E-state index in [1.165, 1.54) is 27.0 Å². The highest BCUT2D eigenvalue weighted by Crippen LogP contribution is 2.52. The molecule has 1 fully saturated rings. The number of aromatic nitrogens is 3. The summed E-state index contributed by atoms with van der Waals surface area (Å²) in [6, 6.07) is 31.2. The molecule has 1 saturated heterocycles. The molecule has 1 aromatic heterocycles. The van der Waals surface area contributed by atoms with Crippen LogP contribution < -0.4 is 0 Å². The fourth-order valence-corrected chi connectivity index (χ4v) is 9.24. The number of hydrogen-bond acceptors (Lipinski definition) is 8. The SMILES string of the molecule is CC(=O)CC(C)=O.CC(=O)c1nnn(CC[C@H]2C[C@@H](SC(c3ccccc3)(c3ccccc3)c3ccccc3)CN2S(C)(=O)=O)c1C. The number of hydrogen-bond donors (Lipinski definition) is 0. The maximum atomic E-state index is 13.0. The molecule has 1 aliphatic rings. The summed E-state index contributed by atoms with van der Waals surface area (Å²) < 4.78 is 28.8. The van der Waals surface area contributed by atoms with Crippen molar-refractivity contribution in [3.63, 3.8) is 0 Å². The first-order valence-corrected chi connectivity index (χ1v) is 18.3. The van der Waals surface area contributed by atoms with Gasteiger partial charge in [-0.15, -0.1) is 16.9 Å². The van der Waals surface area contributed by atoms with Crippen molar-refractivity contribution in [2.45, 2.75) is 69.5 Å². The fourth-order valence-electron chi connectivity index (χ4n) is 6.09. The van der Waals surface area contributed by atoms with Crippen LogP contribution in [0.3, 0.4) is 0 Å². The molecule has 2 atom stereocenters. The summed E-state index contributed by atoms with van der Waals surface area (Å²) in [5.74, 6) is -0.252. The first kappa shape index (κ1) is 35.9. The van der Waals surface area contributed by atoms with Crippen LogP contribution in [0.1, 0.15) is 72.9 Å². The van der Waals surface area contributed by atoms with Gasteiger partial charge < -0.3 is 0 Å². The van der Waals surface area contributed by atoms with E-state index in [1.807, 2.05) is 36.9 Å². The summed E-state index contributed by atoms with van der Waals surface area (Å²) in [5.41, 5.74) is 4.53. The summed E-state index contributed by atoms with van der Waals surface area (Å²) >= 11 is 1.83. The predicted molar refractivity (Wildman–Crippen MR) is 186 cm³/mol. The smallest absolute Gasteiger partial charge is 0.211 e. The van der Waals surface area contributed by atoms with Gasteiger partial charge in [0.25, 0.3) is 0 Å². The number of rotatable bonds is 12. The minimum absolute atomic E-state index is 0.0463. The van der Waals surface area contributed by atoms with Crippen molar-refractivity contribution in [3.05, 3.63) is 119 Å². The van der Waals surface area contributed by atoms with Crippen LogP contribution in [-0.4, -0.2) is 69.2 Å². The van der Waals surface area contributed by atoms with Crippen molar-refractivity contribution in [1.82, 2.24) is 19.3 Å². The number of carbonyl (C=O) groups excluding carboxylic acids is 3. The Morgan fingerprint density at radius 2 is 1.30 bits per heavy atom. The van der Waals surface area contributed by atoms with Crippen LogP contribution in [0.2, 0.25) is 0 Å². The van der Waals surface area contributed by atoms with Gasteiger partial charge in [-0.2, -0.15) is 4.31 Å². The molecule has 2 heterocycles. The molecule has 0 radical (unpaired) electrons. The van der Waals surface area contributed by atoms with Gasteiger partial charge in [0.05, 0.1) is 23.1 Å². The lowest BCUT2D eigenvalue weighted by atomic mass is 9.84. The Morgan fingerprint density at radius 3 is 1.66 bits per heavy atom. The van der Waals surface area contributed by atoms with Gasteiger partial charge in [-0.25, -0.2) is 13.1 Å². The van der Waals surface area contributed by atoms with E-state index in [4.69, 9.17) is 0 Å². The maximum Gasteiger partial charge on any atom is 0.211 e. The van der Waals surface area contributed by atoms with Gasteiger partial charge in [0.15, 0.2) is 11.5 Å². The van der Waals surface area contributed by atoms with Gasteiger partial charge >= 0.3 is 0 Å². The highest BCUT2D eigenvalue weighted by atomic mass is 32.2. The fraction of sp³-hybridized carbons (Fsp3) is 0.361. The van der Waals surface area contributed by atoms with Gasteiger partial charge in [0.1, 0.15) is 11.6 Å². The second-order valence-electron chi connectivity index (χ2n) is 11.9. The Balaban J connectivity index is 0.000000644. The molecule has 47 heavy (non-hydrogen) atoms. The van der Waals surface area contributed by atoms with E-state index in [-0.39, 0.29) is 35.1 Å². The van der Waals surface area contributed by atoms with E-state index in [0.717, 1.165) is 16.7 Å². The third-order valence-electron chi connectivity index (χ3n) is 8.12. The summed E-state index contributed by atoms with van der Waals surface area (Å²) in [4.78, 5) is 31.9. The second kappa shape index (κ2) is 15.8. The first-order chi connectivity index (χ1) is 22.3. The van der Waals surface area contributed by atoms with Crippen LogP contribution in [0.5, 0.6) is 0 Å². The Bertz CT molecular complexity index is 1670. The molecule has 0 saturated carbocycles. The van der Waals surface area contributed by atoms with Crippen LogP contribution in [-0.2, 0) is 30.9 Å². The average molecular weight is 675 g/mol. The van der Waals surface area contributed by atoms with Crippen molar-refractivity contribution in [1.29, 1.82) is 0 Å². The van der Waals surface area contributed by atoms with Crippen molar-refractivity contribution in [2.24, 2.45) is 0 Å². The second-order valence-corrected chi connectivity index (χ2v) is 15.4. The van der Waals surface area contributed by atoms with E-state index in [0.29, 0.717) is 37.3 Å². The molecule has 1 aliphatic heterocycles. The zero-order chi connectivity index (χ0) is 34.2. The number of thioether (sulfide) groups is 1. The molecule has 5 rings (SSSR count). The highest BCUT2D eigenvalue weighted by molar-refractivity contribution is 8.01. The first-order valence-electron chi connectivity index (χ1n) is 15.5. The summed E-state index contributed by atoms with van der Waals surface area (Å²) in [5, 5.41) is 8.22. The normalized spacial score (nSPS) is 16.7. The van der Waals surface area contributed by atoms with Gasteiger partial charge in [-0.3, -0.25) is 14.4 Å². The van der Waals surface area contributed by atoms with Gasteiger partial charge in [0.2, 0.25) is 10.0 Å². The Kier molecular flexibility index (Phi) is 12.1. The molecule has 11 heteroatoms. The lowest BCUT2D eigenvalue weighted by Gasteiger charge is -2.37. The van der Waals surface area contributed by atoms with Crippen LogP contribution in [0.25, 0.3) is 0 Å². The molecule has 248 valence electrons. The maximum absolute atomic E-state index is 13.0. The van der Waals surface area contributed by atoms with E-state index in [9.17, 15) is 22.8 Å². The molecule has 0 bridgehead atoms. The number of nitrogens with zero attached hydrogens (tertiary/aromatic N) is 4. The number of Topliss-reactive ketones (excluding diaryl/α,β-unsaturated/α-hetero) is 3. The molecule has 0 unspecified atom stereocenters. The Morgan fingerprint density at radius 1 is 0.830 bits per heavy atom. The monoisotopic (exact) mass is 674 g/mol. The number of benzene rings is 3. The third-order valence-corrected chi connectivity index (χ3v) is 11.2. The molecule has 0 N–H and O–H groups in total. The molecular weight excluding hydrogens is 633 g/mol. The number of sulfonamides is 1. The van der Waals surface area contributed by atoms with Gasteiger partial charge in [-0.05, 0) is 50.3 Å². The molecule has 3 aromatic carbocycles. The van der Waals surface area contributed by atoms with Gasteiger partial charge in [0, 0.05) is 31.3 Å². The van der Waals surface area contributed by atoms with Crippen molar-refractivity contribution in [2.75, 3.05) is 12.8 Å². The predicted octanol–water partition coefficient (Wildman–Crippen LogP) is 5.86. The number of carbonyl (C=O) groups is 3. The lowest BCUT2D eigenvalue weighted by Crippen LogP contribution is -2.36. The van der Waals surface area contributed by atoms with Crippen LogP contribution in [0, 0.1) is 6.92 Å². The van der Waals surface area contributed by atoms with Crippen LogP contribution >= 0.6 is 11.8 Å². The van der Waals surface area contributed by atoms with Crippen molar-refractivity contribution < 1.29 is 22.8 Å². The zero-order valence-electron chi connectivity index (χ0n) is 27.5. The molecule has 4 aromatic rings. The largest absolute Gasteiger partial charge is 0.300 e. The highest BCUT2D eigenvalue weighted by Gasteiger charge is 2.45. The van der Waals surface area contributed by atoms with E-state index < -0.39 is 14.8 Å². The van der Waals surface area contributed by atoms with Crippen molar-refractivity contribution in [3.8, 4) is 0 Å². The van der Waals surface area contributed by atoms with E-state index >= 15 is 0 Å². The lowest BCUT2D eigenvalue weighted by molar-refractivity contribution is -0.124. The summed E-state index contributed by atoms with van der Waals surface area (Å²) in [6.07, 6.45) is 2.67. The Labute approximate surface area is 281 Å². The van der Waals surface area contributed by atoms with Crippen molar-refractivity contribution >= 4 is 39.1 Å². The quantitative estimate of drug-likeness (QED) is 0.104. The minimum atomic E-state index is -3.44.